The number of nitrogens with zero attached hydrogens (tertiary/aromatic N) is 2. The molecule has 0 aromatic carbocycles. The van der Waals surface area contributed by atoms with Gasteiger partial charge in [-0.2, -0.15) is 5.10 Å². The van der Waals surface area contributed by atoms with Crippen LogP contribution >= 0.6 is 0 Å². The lowest BCUT2D eigenvalue weighted by Crippen LogP contribution is -2.24. The Kier molecular flexibility index (Phi) is 5.26. The Balaban J connectivity index is 2.37. The Morgan fingerprint density at radius 1 is 1.50 bits per heavy atom. The summed E-state index contributed by atoms with van der Waals surface area (Å²) < 4.78 is 2.01. The van der Waals surface area contributed by atoms with Crippen molar-refractivity contribution in [1.82, 2.24) is 15.1 Å². The summed E-state index contributed by atoms with van der Waals surface area (Å²) in [6.45, 7) is 12.2. The number of rotatable bonds is 7. The third kappa shape index (κ3) is 4.62. The van der Waals surface area contributed by atoms with Crippen LogP contribution in [0.1, 0.15) is 32.8 Å². The van der Waals surface area contributed by atoms with Gasteiger partial charge in [-0.3, -0.25) is 4.68 Å². The van der Waals surface area contributed by atoms with Crippen LogP contribution in [0, 0.1) is 5.92 Å². The minimum absolute atomic E-state index is 0.478. The normalized spacial score (nSPS) is 13.0. The zero-order valence-corrected chi connectivity index (χ0v) is 10.6. The van der Waals surface area contributed by atoms with Crippen LogP contribution in [0.4, 0.5) is 0 Å². The van der Waals surface area contributed by atoms with Gasteiger partial charge in [-0.15, -0.1) is 6.58 Å². The average molecular weight is 221 g/mol. The van der Waals surface area contributed by atoms with Crippen LogP contribution in [0.5, 0.6) is 0 Å². The predicted octanol–water partition coefficient (Wildman–Crippen LogP) is 2.59. The number of nitrogens with one attached hydrogen (secondary N) is 1. The van der Waals surface area contributed by atoms with Crippen LogP contribution in [-0.2, 0) is 13.1 Å². The molecule has 90 valence electrons. The molecule has 1 unspecified atom stereocenters. The molecule has 1 atom stereocenters. The van der Waals surface area contributed by atoms with Gasteiger partial charge in [-0.1, -0.05) is 19.9 Å². The Morgan fingerprint density at radius 2 is 2.25 bits per heavy atom. The highest BCUT2D eigenvalue weighted by atomic mass is 15.3. The summed E-state index contributed by atoms with van der Waals surface area (Å²) in [4.78, 5) is 0. The molecule has 0 aliphatic heterocycles. The van der Waals surface area contributed by atoms with Crippen molar-refractivity contribution >= 4 is 0 Å². The van der Waals surface area contributed by atoms with Gasteiger partial charge in [0.1, 0.15) is 0 Å². The van der Waals surface area contributed by atoms with Crippen molar-refractivity contribution in [1.29, 1.82) is 0 Å². The Hall–Kier alpha value is -1.09. The van der Waals surface area contributed by atoms with Gasteiger partial charge < -0.3 is 5.32 Å². The molecule has 0 aliphatic rings. The summed E-state index contributed by atoms with van der Waals surface area (Å²) in [5.41, 5.74) is 1.25. The standard InChI is InChI=1S/C13H23N3/c1-5-6-12(4)14-7-13-8-15-16(10-13)9-11(2)3/h5,8,10-12,14H,1,6-7,9H2,2-4H3. The largest absolute Gasteiger partial charge is 0.310 e. The molecule has 0 amide bonds. The van der Waals surface area contributed by atoms with Crippen LogP contribution in [0.15, 0.2) is 25.0 Å². The van der Waals surface area contributed by atoms with Crippen molar-refractivity contribution < 1.29 is 0 Å². The minimum Gasteiger partial charge on any atom is -0.310 e. The van der Waals surface area contributed by atoms with Gasteiger partial charge in [0.05, 0.1) is 6.20 Å². The molecule has 1 heterocycles. The first-order valence-corrected chi connectivity index (χ1v) is 5.97. The molecular weight excluding hydrogens is 198 g/mol. The van der Waals surface area contributed by atoms with E-state index < -0.39 is 0 Å². The fourth-order valence-electron chi connectivity index (χ4n) is 1.60. The van der Waals surface area contributed by atoms with E-state index in [1.807, 2.05) is 17.0 Å². The van der Waals surface area contributed by atoms with E-state index in [9.17, 15) is 0 Å². The molecule has 0 saturated heterocycles. The zero-order chi connectivity index (χ0) is 12.0. The lowest BCUT2D eigenvalue weighted by Gasteiger charge is -2.09. The summed E-state index contributed by atoms with van der Waals surface area (Å²) in [5, 5.41) is 7.78. The van der Waals surface area contributed by atoms with Gasteiger partial charge in [0.25, 0.3) is 0 Å². The Labute approximate surface area is 98.5 Å². The van der Waals surface area contributed by atoms with Crippen molar-refractivity contribution in [3.63, 3.8) is 0 Å². The molecule has 3 heteroatoms. The van der Waals surface area contributed by atoms with Crippen molar-refractivity contribution in [2.45, 2.75) is 46.3 Å². The number of hydrogen-bond acceptors (Lipinski definition) is 2. The SMILES string of the molecule is C=CCC(C)NCc1cnn(CC(C)C)c1. The van der Waals surface area contributed by atoms with Crippen LogP contribution in [0.2, 0.25) is 0 Å². The van der Waals surface area contributed by atoms with Crippen molar-refractivity contribution in [2.75, 3.05) is 0 Å². The van der Waals surface area contributed by atoms with E-state index in [-0.39, 0.29) is 0 Å². The van der Waals surface area contributed by atoms with Gasteiger partial charge in [-0.25, -0.2) is 0 Å². The smallest absolute Gasteiger partial charge is 0.0534 e. The molecule has 1 aromatic heterocycles. The molecule has 0 radical (unpaired) electrons. The molecule has 0 saturated carbocycles. The summed E-state index contributed by atoms with van der Waals surface area (Å²) in [5.74, 6) is 0.639. The molecular formula is C13H23N3. The summed E-state index contributed by atoms with van der Waals surface area (Å²) in [6.07, 6.45) is 7.00. The van der Waals surface area contributed by atoms with Crippen LogP contribution in [0.25, 0.3) is 0 Å². The number of aromatic nitrogens is 2. The maximum atomic E-state index is 4.34. The molecule has 0 fully saturated rings. The van der Waals surface area contributed by atoms with Crippen LogP contribution in [0.3, 0.4) is 0 Å². The quantitative estimate of drug-likeness (QED) is 0.717. The molecule has 3 nitrogen and oxygen atoms in total. The maximum Gasteiger partial charge on any atom is 0.0534 e. The molecule has 16 heavy (non-hydrogen) atoms. The minimum atomic E-state index is 0.478. The topological polar surface area (TPSA) is 29.9 Å². The first kappa shape index (κ1) is 13.0. The molecule has 0 bridgehead atoms. The highest BCUT2D eigenvalue weighted by Crippen LogP contribution is 2.02. The first-order chi connectivity index (χ1) is 7.61. The van der Waals surface area contributed by atoms with E-state index in [2.05, 4.69) is 44.0 Å². The van der Waals surface area contributed by atoms with Gasteiger partial charge in [0.15, 0.2) is 0 Å². The van der Waals surface area contributed by atoms with E-state index in [0.717, 1.165) is 19.5 Å². The molecule has 1 aromatic rings. The first-order valence-electron chi connectivity index (χ1n) is 5.97. The molecule has 1 N–H and O–H groups in total. The summed E-state index contributed by atoms with van der Waals surface area (Å²) in [7, 11) is 0. The highest BCUT2D eigenvalue weighted by molar-refractivity contribution is 5.03. The van der Waals surface area contributed by atoms with Crippen molar-refractivity contribution in [3.8, 4) is 0 Å². The zero-order valence-electron chi connectivity index (χ0n) is 10.6. The third-order valence-electron chi connectivity index (χ3n) is 2.41. The van der Waals surface area contributed by atoms with Crippen LogP contribution in [-0.4, -0.2) is 15.8 Å². The average Bonchev–Trinajstić information content (AvgIpc) is 2.62. The molecule has 0 spiro atoms. The van der Waals surface area contributed by atoms with Gasteiger partial charge in [-0.05, 0) is 19.3 Å². The maximum absolute atomic E-state index is 4.34. The van der Waals surface area contributed by atoms with Gasteiger partial charge >= 0.3 is 0 Å². The Morgan fingerprint density at radius 3 is 2.88 bits per heavy atom. The highest BCUT2D eigenvalue weighted by Gasteiger charge is 2.02. The van der Waals surface area contributed by atoms with E-state index in [4.69, 9.17) is 0 Å². The number of hydrogen-bond donors (Lipinski definition) is 1. The van der Waals surface area contributed by atoms with E-state index >= 15 is 0 Å². The Bertz CT molecular complexity index is 315. The molecule has 1 rings (SSSR count). The van der Waals surface area contributed by atoms with Gasteiger partial charge in [0, 0.05) is 30.9 Å². The monoisotopic (exact) mass is 221 g/mol. The lowest BCUT2D eigenvalue weighted by molar-refractivity contribution is 0.482. The summed E-state index contributed by atoms with van der Waals surface area (Å²) in [6, 6.07) is 0.478. The second-order valence-electron chi connectivity index (χ2n) is 4.77. The lowest BCUT2D eigenvalue weighted by atomic mass is 10.2. The molecule has 0 aliphatic carbocycles. The third-order valence-corrected chi connectivity index (χ3v) is 2.41. The van der Waals surface area contributed by atoms with E-state index in [1.54, 1.807) is 0 Å². The second kappa shape index (κ2) is 6.48. The van der Waals surface area contributed by atoms with E-state index in [1.165, 1.54) is 5.56 Å². The van der Waals surface area contributed by atoms with Crippen molar-refractivity contribution in [3.05, 3.63) is 30.6 Å². The van der Waals surface area contributed by atoms with Crippen LogP contribution < -0.4 is 5.32 Å². The van der Waals surface area contributed by atoms with E-state index in [0.29, 0.717) is 12.0 Å². The van der Waals surface area contributed by atoms with Crippen molar-refractivity contribution in [2.24, 2.45) is 5.92 Å². The fraction of sp³-hybridized carbons (Fsp3) is 0.615. The summed E-state index contributed by atoms with van der Waals surface area (Å²) >= 11 is 0. The second-order valence-corrected chi connectivity index (χ2v) is 4.77. The van der Waals surface area contributed by atoms with Gasteiger partial charge in [0.2, 0.25) is 0 Å². The fourth-order valence-corrected chi connectivity index (χ4v) is 1.60. The predicted molar refractivity (Wildman–Crippen MR) is 68.2 cm³/mol.